The maximum atomic E-state index is 12.0. The summed E-state index contributed by atoms with van der Waals surface area (Å²) in [6, 6.07) is 12.5. The largest absolute Gasteiger partial charge is 0.369 e. The standard InChI is InChI=1S/C21H29N5OS/c1-17-15-18(2)24-21(23-17)28-16-20(27)22-9-6-10-25-11-13-26(14-12-25)19-7-4-3-5-8-19/h3-5,7-8,15H,6,9-14,16H2,1-2H3,(H,22,27). The predicted octanol–water partition coefficient (Wildman–Crippen LogP) is 2.51. The molecule has 1 aliphatic heterocycles. The van der Waals surface area contributed by atoms with Crippen LogP contribution in [-0.4, -0.2) is 65.8 Å². The molecular weight excluding hydrogens is 370 g/mol. The fourth-order valence-electron chi connectivity index (χ4n) is 3.34. The fraction of sp³-hybridized carbons (Fsp3) is 0.476. The van der Waals surface area contributed by atoms with Gasteiger partial charge in [-0.15, -0.1) is 0 Å². The van der Waals surface area contributed by atoms with E-state index in [2.05, 4.69) is 55.4 Å². The third-order valence-electron chi connectivity index (χ3n) is 4.76. The van der Waals surface area contributed by atoms with E-state index in [1.807, 2.05) is 19.9 Å². The first-order valence-corrected chi connectivity index (χ1v) is 10.8. The van der Waals surface area contributed by atoms with E-state index >= 15 is 0 Å². The molecule has 0 radical (unpaired) electrons. The van der Waals surface area contributed by atoms with Crippen LogP contribution >= 0.6 is 11.8 Å². The number of hydrogen-bond acceptors (Lipinski definition) is 6. The van der Waals surface area contributed by atoms with E-state index in [0.717, 1.165) is 50.5 Å². The predicted molar refractivity (Wildman–Crippen MR) is 115 cm³/mol. The molecule has 0 atom stereocenters. The Morgan fingerprint density at radius 1 is 1.07 bits per heavy atom. The molecule has 0 saturated carbocycles. The quantitative estimate of drug-likeness (QED) is 0.418. The molecule has 2 heterocycles. The van der Waals surface area contributed by atoms with Gasteiger partial charge in [0.1, 0.15) is 0 Å². The van der Waals surface area contributed by atoms with Gasteiger partial charge in [-0.2, -0.15) is 0 Å². The molecule has 1 fully saturated rings. The lowest BCUT2D eigenvalue weighted by Gasteiger charge is -2.36. The Balaban J connectivity index is 1.28. The van der Waals surface area contributed by atoms with Gasteiger partial charge < -0.3 is 10.2 Å². The van der Waals surface area contributed by atoms with Crippen LogP contribution in [-0.2, 0) is 4.79 Å². The van der Waals surface area contributed by atoms with Gasteiger partial charge in [-0.3, -0.25) is 9.69 Å². The summed E-state index contributed by atoms with van der Waals surface area (Å²) in [6.45, 7) is 9.89. The monoisotopic (exact) mass is 399 g/mol. The minimum atomic E-state index is 0.0432. The molecule has 28 heavy (non-hydrogen) atoms. The normalized spacial score (nSPS) is 14.9. The highest BCUT2D eigenvalue weighted by molar-refractivity contribution is 7.99. The average Bonchev–Trinajstić information content (AvgIpc) is 2.70. The highest BCUT2D eigenvalue weighted by Gasteiger charge is 2.16. The number of rotatable bonds is 8. The van der Waals surface area contributed by atoms with Crippen LogP contribution in [0, 0.1) is 13.8 Å². The molecule has 1 aromatic heterocycles. The molecule has 0 aliphatic carbocycles. The van der Waals surface area contributed by atoms with Crippen LogP contribution in [0.2, 0.25) is 0 Å². The number of piperazine rings is 1. The van der Waals surface area contributed by atoms with Gasteiger partial charge in [-0.1, -0.05) is 30.0 Å². The van der Waals surface area contributed by atoms with Gasteiger partial charge in [-0.25, -0.2) is 9.97 Å². The van der Waals surface area contributed by atoms with Crippen molar-refractivity contribution in [2.75, 3.05) is 49.9 Å². The number of aromatic nitrogens is 2. The van der Waals surface area contributed by atoms with Crippen LogP contribution in [0.25, 0.3) is 0 Å². The van der Waals surface area contributed by atoms with Crippen molar-refractivity contribution in [3.05, 3.63) is 47.8 Å². The number of nitrogens with one attached hydrogen (secondary N) is 1. The van der Waals surface area contributed by atoms with Crippen LogP contribution in [0.5, 0.6) is 0 Å². The molecule has 2 aromatic rings. The second kappa shape index (κ2) is 10.4. The first kappa shape index (κ1) is 20.6. The number of hydrogen-bond donors (Lipinski definition) is 1. The first-order valence-electron chi connectivity index (χ1n) is 9.84. The summed E-state index contributed by atoms with van der Waals surface area (Å²) < 4.78 is 0. The Morgan fingerprint density at radius 3 is 2.43 bits per heavy atom. The molecule has 1 saturated heterocycles. The summed E-state index contributed by atoms with van der Waals surface area (Å²) in [5.74, 6) is 0.403. The summed E-state index contributed by atoms with van der Waals surface area (Å²) in [5.41, 5.74) is 3.17. The summed E-state index contributed by atoms with van der Waals surface area (Å²) in [7, 11) is 0. The third kappa shape index (κ3) is 6.49. The molecule has 6 nitrogen and oxygen atoms in total. The number of benzene rings is 1. The van der Waals surface area contributed by atoms with Crippen LogP contribution in [0.15, 0.2) is 41.6 Å². The van der Waals surface area contributed by atoms with Crippen molar-refractivity contribution in [2.24, 2.45) is 0 Å². The van der Waals surface area contributed by atoms with E-state index in [1.54, 1.807) is 0 Å². The number of para-hydroxylation sites is 1. The number of aryl methyl sites for hydroxylation is 2. The maximum Gasteiger partial charge on any atom is 0.230 e. The zero-order valence-electron chi connectivity index (χ0n) is 16.7. The lowest BCUT2D eigenvalue weighted by Crippen LogP contribution is -2.47. The Hall–Kier alpha value is -2.12. The lowest BCUT2D eigenvalue weighted by molar-refractivity contribution is -0.118. The molecule has 0 spiro atoms. The molecule has 1 N–H and O–H groups in total. The van der Waals surface area contributed by atoms with Gasteiger partial charge in [0, 0.05) is 49.8 Å². The van der Waals surface area contributed by atoms with Gasteiger partial charge in [0.15, 0.2) is 5.16 Å². The summed E-state index contributed by atoms with van der Waals surface area (Å²) >= 11 is 1.39. The molecule has 3 rings (SSSR count). The number of anilines is 1. The first-order chi connectivity index (χ1) is 13.6. The number of nitrogens with zero attached hydrogens (tertiary/aromatic N) is 4. The van der Waals surface area contributed by atoms with Gasteiger partial charge >= 0.3 is 0 Å². The second-order valence-corrected chi connectivity index (χ2v) is 8.03. The lowest BCUT2D eigenvalue weighted by atomic mass is 10.2. The van der Waals surface area contributed by atoms with Crippen molar-refractivity contribution >= 4 is 23.4 Å². The molecule has 7 heteroatoms. The number of thioether (sulfide) groups is 1. The van der Waals surface area contributed by atoms with Crippen LogP contribution < -0.4 is 10.2 Å². The topological polar surface area (TPSA) is 61.4 Å². The molecule has 150 valence electrons. The van der Waals surface area contributed by atoms with Crippen molar-refractivity contribution in [3.8, 4) is 0 Å². The van der Waals surface area contributed by atoms with Crippen LogP contribution in [0.3, 0.4) is 0 Å². The molecule has 0 bridgehead atoms. The van der Waals surface area contributed by atoms with E-state index < -0.39 is 0 Å². The fourth-order valence-corrected chi connectivity index (χ4v) is 4.12. The van der Waals surface area contributed by atoms with Crippen molar-refractivity contribution in [1.29, 1.82) is 0 Å². The Kier molecular flexibility index (Phi) is 7.68. The Labute approximate surface area is 171 Å². The van der Waals surface area contributed by atoms with Gasteiger partial charge in [0.25, 0.3) is 0 Å². The number of amides is 1. The van der Waals surface area contributed by atoms with Gasteiger partial charge in [0.05, 0.1) is 5.75 Å². The van der Waals surface area contributed by atoms with E-state index in [-0.39, 0.29) is 5.91 Å². The molecule has 0 unspecified atom stereocenters. The molecule has 1 amide bonds. The number of carbonyl (C=O) groups is 1. The third-order valence-corrected chi connectivity index (χ3v) is 5.61. The van der Waals surface area contributed by atoms with Crippen molar-refractivity contribution in [3.63, 3.8) is 0 Å². The van der Waals surface area contributed by atoms with E-state index in [0.29, 0.717) is 17.5 Å². The van der Waals surface area contributed by atoms with Crippen LogP contribution in [0.1, 0.15) is 17.8 Å². The Morgan fingerprint density at radius 2 is 1.75 bits per heavy atom. The summed E-state index contributed by atoms with van der Waals surface area (Å²) in [6.07, 6.45) is 0.974. The summed E-state index contributed by atoms with van der Waals surface area (Å²) in [5, 5.41) is 3.67. The van der Waals surface area contributed by atoms with Gasteiger partial charge in [-0.05, 0) is 45.0 Å². The molecular formula is C21H29N5OS. The average molecular weight is 400 g/mol. The summed E-state index contributed by atoms with van der Waals surface area (Å²) in [4.78, 5) is 25.6. The van der Waals surface area contributed by atoms with E-state index in [4.69, 9.17) is 0 Å². The molecule has 1 aliphatic rings. The minimum Gasteiger partial charge on any atom is -0.369 e. The van der Waals surface area contributed by atoms with Crippen molar-refractivity contribution in [2.45, 2.75) is 25.4 Å². The van der Waals surface area contributed by atoms with Crippen LogP contribution in [0.4, 0.5) is 5.69 Å². The van der Waals surface area contributed by atoms with Crippen molar-refractivity contribution < 1.29 is 4.79 Å². The maximum absolute atomic E-state index is 12.0. The second-order valence-electron chi connectivity index (χ2n) is 7.09. The zero-order valence-corrected chi connectivity index (χ0v) is 17.5. The van der Waals surface area contributed by atoms with Crippen molar-refractivity contribution in [1.82, 2.24) is 20.2 Å². The van der Waals surface area contributed by atoms with E-state index in [1.165, 1.54) is 17.4 Å². The highest BCUT2D eigenvalue weighted by Crippen LogP contribution is 2.16. The van der Waals surface area contributed by atoms with Gasteiger partial charge in [0.2, 0.25) is 5.91 Å². The minimum absolute atomic E-state index is 0.0432. The highest BCUT2D eigenvalue weighted by atomic mass is 32.2. The van der Waals surface area contributed by atoms with E-state index in [9.17, 15) is 4.79 Å². The number of carbonyl (C=O) groups excluding carboxylic acids is 1. The molecule has 1 aromatic carbocycles. The zero-order chi connectivity index (χ0) is 19.8. The SMILES string of the molecule is Cc1cc(C)nc(SCC(=O)NCCCN2CCN(c3ccccc3)CC2)n1. The Bertz CT molecular complexity index is 742. The smallest absolute Gasteiger partial charge is 0.230 e.